The van der Waals surface area contributed by atoms with Crippen molar-refractivity contribution in [2.45, 2.75) is 50.8 Å². The van der Waals surface area contributed by atoms with E-state index in [4.69, 9.17) is 29.3 Å². The van der Waals surface area contributed by atoms with E-state index in [2.05, 4.69) is 12.2 Å². The van der Waals surface area contributed by atoms with E-state index in [0.29, 0.717) is 18.2 Å². The average Bonchev–Trinajstić information content (AvgIpc) is 2.40. The molecule has 0 bridgehead atoms. The molecule has 0 spiro atoms. The van der Waals surface area contributed by atoms with Gasteiger partial charge in [-0.3, -0.25) is 0 Å². The van der Waals surface area contributed by atoms with Gasteiger partial charge in [0, 0.05) is 26.3 Å². The third kappa shape index (κ3) is 8.08. The summed E-state index contributed by atoms with van der Waals surface area (Å²) in [6.07, 6.45) is 5.43. The molecule has 0 aromatic rings. The Hall–Kier alpha value is -1.18. The number of aliphatic carboxylic acids is 2. The summed E-state index contributed by atoms with van der Waals surface area (Å²) in [6.45, 7) is 2.93. The van der Waals surface area contributed by atoms with Crippen LogP contribution in [0.2, 0.25) is 0 Å². The first kappa shape index (κ1) is 18.8. The quantitative estimate of drug-likeness (QED) is 0.641. The second-order valence-corrected chi connectivity index (χ2v) is 4.80. The van der Waals surface area contributed by atoms with Crippen LogP contribution in [-0.2, 0) is 19.1 Å². The van der Waals surface area contributed by atoms with E-state index in [1.54, 1.807) is 7.11 Å². The van der Waals surface area contributed by atoms with Crippen molar-refractivity contribution < 1.29 is 29.3 Å². The zero-order chi connectivity index (χ0) is 15.5. The van der Waals surface area contributed by atoms with Gasteiger partial charge in [0.1, 0.15) is 0 Å². The van der Waals surface area contributed by atoms with Gasteiger partial charge in [-0.25, -0.2) is 9.59 Å². The fourth-order valence-corrected chi connectivity index (χ4v) is 2.23. The Morgan fingerprint density at radius 3 is 2.20 bits per heavy atom. The van der Waals surface area contributed by atoms with Crippen LogP contribution < -0.4 is 5.32 Å². The fraction of sp³-hybridized carbons (Fsp3) is 0.846. The van der Waals surface area contributed by atoms with E-state index in [9.17, 15) is 0 Å². The van der Waals surface area contributed by atoms with Crippen molar-refractivity contribution >= 4 is 11.9 Å². The molecule has 7 nitrogen and oxygen atoms in total. The van der Waals surface area contributed by atoms with Crippen molar-refractivity contribution in [1.82, 2.24) is 5.32 Å². The summed E-state index contributed by atoms with van der Waals surface area (Å²) in [5.74, 6) is -3.65. The van der Waals surface area contributed by atoms with Gasteiger partial charge in [-0.1, -0.05) is 12.8 Å². The Morgan fingerprint density at radius 1 is 1.20 bits per heavy atom. The molecular weight excluding hydrogens is 266 g/mol. The highest BCUT2D eigenvalue weighted by Crippen LogP contribution is 2.21. The van der Waals surface area contributed by atoms with Gasteiger partial charge in [0.05, 0.1) is 12.7 Å². The maximum Gasteiger partial charge on any atom is 0.414 e. The molecular formula is C13H25NO6. The van der Waals surface area contributed by atoms with Crippen LogP contribution in [0.15, 0.2) is 0 Å². The summed E-state index contributed by atoms with van der Waals surface area (Å²) in [6, 6.07) is 0.930. The molecule has 0 heterocycles. The molecule has 118 valence electrons. The SMILES string of the molecule is COCC(C)NC1CCCCC1OC.O=C(O)C(=O)O. The highest BCUT2D eigenvalue weighted by atomic mass is 16.5. The highest BCUT2D eigenvalue weighted by Gasteiger charge is 2.25. The maximum atomic E-state index is 9.10. The monoisotopic (exact) mass is 291 g/mol. The van der Waals surface area contributed by atoms with Crippen LogP contribution in [0.1, 0.15) is 32.6 Å². The smallest absolute Gasteiger partial charge is 0.414 e. The standard InChI is InChI=1S/C11H23NO2.C2H2O4/c1-9(8-13-2)12-10-6-4-5-7-11(10)14-3;3-1(4)2(5)6/h9-12H,4-8H2,1-3H3;(H,3,4)(H,5,6). The van der Waals surface area contributed by atoms with Crippen molar-refractivity contribution in [2.24, 2.45) is 0 Å². The van der Waals surface area contributed by atoms with Crippen LogP contribution in [0.25, 0.3) is 0 Å². The number of ether oxygens (including phenoxy) is 2. The van der Waals surface area contributed by atoms with Crippen molar-refractivity contribution in [2.75, 3.05) is 20.8 Å². The first-order valence-electron chi connectivity index (χ1n) is 6.66. The molecule has 7 heteroatoms. The van der Waals surface area contributed by atoms with Gasteiger partial charge >= 0.3 is 11.9 Å². The molecule has 0 aromatic heterocycles. The third-order valence-electron chi connectivity index (χ3n) is 3.10. The zero-order valence-corrected chi connectivity index (χ0v) is 12.3. The summed E-state index contributed by atoms with van der Waals surface area (Å²) in [7, 11) is 3.55. The van der Waals surface area contributed by atoms with Crippen molar-refractivity contribution in [3.63, 3.8) is 0 Å². The molecule has 0 radical (unpaired) electrons. The minimum absolute atomic E-state index is 0.392. The summed E-state index contributed by atoms with van der Waals surface area (Å²) >= 11 is 0. The minimum atomic E-state index is -1.82. The number of carbonyl (C=O) groups is 2. The first-order chi connectivity index (χ1) is 9.42. The fourth-order valence-electron chi connectivity index (χ4n) is 2.23. The molecule has 0 aromatic carbocycles. The zero-order valence-electron chi connectivity index (χ0n) is 12.3. The molecule has 3 atom stereocenters. The molecule has 0 amide bonds. The summed E-state index contributed by atoms with van der Waals surface area (Å²) < 4.78 is 10.6. The Labute approximate surface area is 119 Å². The lowest BCUT2D eigenvalue weighted by Gasteiger charge is -2.33. The van der Waals surface area contributed by atoms with Gasteiger partial charge in [0.2, 0.25) is 0 Å². The van der Waals surface area contributed by atoms with Gasteiger partial charge in [-0.15, -0.1) is 0 Å². The molecule has 1 aliphatic carbocycles. The molecule has 1 fully saturated rings. The molecule has 1 aliphatic rings. The van der Waals surface area contributed by atoms with Gasteiger partial charge in [0.25, 0.3) is 0 Å². The Bertz CT molecular complexity index is 285. The van der Waals surface area contributed by atoms with Crippen LogP contribution in [0.3, 0.4) is 0 Å². The number of hydrogen-bond donors (Lipinski definition) is 3. The normalized spacial score (nSPS) is 23.4. The van der Waals surface area contributed by atoms with Crippen LogP contribution in [0.5, 0.6) is 0 Å². The molecule has 1 saturated carbocycles. The third-order valence-corrected chi connectivity index (χ3v) is 3.10. The second kappa shape index (κ2) is 10.6. The number of rotatable bonds is 5. The van der Waals surface area contributed by atoms with Gasteiger partial charge in [-0.2, -0.15) is 0 Å². The summed E-state index contributed by atoms with van der Waals surface area (Å²) in [5, 5.41) is 18.4. The number of carboxylic acid groups (broad SMARTS) is 2. The number of nitrogens with one attached hydrogen (secondary N) is 1. The lowest BCUT2D eigenvalue weighted by Crippen LogP contribution is -2.48. The number of hydrogen-bond acceptors (Lipinski definition) is 5. The lowest BCUT2D eigenvalue weighted by atomic mass is 9.92. The predicted octanol–water partition coefficient (Wildman–Crippen LogP) is 0.724. The number of methoxy groups -OCH3 is 2. The van der Waals surface area contributed by atoms with E-state index in [-0.39, 0.29) is 0 Å². The van der Waals surface area contributed by atoms with Crippen molar-refractivity contribution in [3.05, 3.63) is 0 Å². The van der Waals surface area contributed by atoms with Crippen LogP contribution in [0.4, 0.5) is 0 Å². The van der Waals surface area contributed by atoms with Gasteiger partial charge < -0.3 is 25.0 Å². The summed E-state index contributed by atoms with van der Waals surface area (Å²) in [5.41, 5.74) is 0. The predicted molar refractivity (Wildman–Crippen MR) is 72.8 cm³/mol. The molecule has 3 N–H and O–H groups in total. The van der Waals surface area contributed by atoms with Crippen LogP contribution >= 0.6 is 0 Å². The van der Waals surface area contributed by atoms with E-state index < -0.39 is 11.9 Å². The molecule has 3 unspecified atom stereocenters. The van der Waals surface area contributed by atoms with Crippen LogP contribution in [-0.4, -0.2) is 61.2 Å². The topological polar surface area (TPSA) is 105 Å². The minimum Gasteiger partial charge on any atom is -0.473 e. The molecule has 0 aliphatic heterocycles. The Morgan fingerprint density at radius 2 is 1.75 bits per heavy atom. The molecule has 0 saturated heterocycles. The number of carboxylic acids is 2. The van der Waals surface area contributed by atoms with Crippen molar-refractivity contribution in [1.29, 1.82) is 0 Å². The van der Waals surface area contributed by atoms with E-state index in [1.165, 1.54) is 25.7 Å². The van der Waals surface area contributed by atoms with Crippen LogP contribution in [0, 0.1) is 0 Å². The average molecular weight is 291 g/mol. The van der Waals surface area contributed by atoms with E-state index in [1.807, 2.05) is 7.11 Å². The Kier molecular flexibility index (Phi) is 9.96. The Balaban J connectivity index is 0.000000511. The van der Waals surface area contributed by atoms with Gasteiger partial charge in [-0.05, 0) is 19.8 Å². The van der Waals surface area contributed by atoms with Crippen molar-refractivity contribution in [3.8, 4) is 0 Å². The highest BCUT2D eigenvalue weighted by molar-refractivity contribution is 6.27. The van der Waals surface area contributed by atoms with E-state index in [0.717, 1.165) is 6.61 Å². The van der Waals surface area contributed by atoms with Gasteiger partial charge in [0.15, 0.2) is 0 Å². The molecule has 1 rings (SSSR count). The first-order valence-corrected chi connectivity index (χ1v) is 6.66. The maximum absolute atomic E-state index is 9.10. The molecule has 20 heavy (non-hydrogen) atoms. The van der Waals surface area contributed by atoms with E-state index >= 15 is 0 Å². The lowest BCUT2D eigenvalue weighted by molar-refractivity contribution is -0.159. The largest absolute Gasteiger partial charge is 0.473 e. The second-order valence-electron chi connectivity index (χ2n) is 4.80. The summed E-state index contributed by atoms with van der Waals surface area (Å²) in [4.78, 5) is 18.2.